The van der Waals surface area contributed by atoms with Gasteiger partial charge in [-0.15, -0.1) is 6.58 Å². The van der Waals surface area contributed by atoms with Gasteiger partial charge in [-0.1, -0.05) is 18.3 Å². The number of allylic oxidation sites excluding steroid dienone is 1. The molecule has 3 heteroatoms. The van der Waals surface area contributed by atoms with Gasteiger partial charge in [0.05, 0.1) is 5.92 Å². The number of rotatable bonds is 4. The first-order chi connectivity index (χ1) is 4.22. The van der Waals surface area contributed by atoms with E-state index in [1.54, 1.807) is 6.08 Å². The third-order valence-corrected chi connectivity index (χ3v) is 1.23. The van der Waals surface area contributed by atoms with E-state index >= 15 is 0 Å². The first-order valence-corrected chi connectivity index (χ1v) is 2.98. The topological polar surface area (TPSA) is 37.3 Å². The lowest BCUT2D eigenvalue weighted by Gasteiger charge is -1.98. The van der Waals surface area contributed by atoms with Gasteiger partial charge in [0.25, 0.3) is 0 Å². The van der Waals surface area contributed by atoms with Gasteiger partial charge < -0.3 is 5.11 Å². The molecule has 0 aromatic carbocycles. The average molecular weight is 144 g/mol. The lowest BCUT2D eigenvalue weighted by atomic mass is 10.1. The molecule has 0 aromatic heterocycles. The number of thiocarbonyl (C=S) groups is 1. The zero-order chi connectivity index (χ0) is 7.28. The van der Waals surface area contributed by atoms with Crippen molar-refractivity contribution in [2.75, 3.05) is 0 Å². The van der Waals surface area contributed by atoms with Gasteiger partial charge in [0.15, 0.2) is 0 Å². The van der Waals surface area contributed by atoms with E-state index in [-0.39, 0.29) is 0 Å². The summed E-state index contributed by atoms with van der Waals surface area (Å²) in [4.78, 5) is 10.2. The molecule has 2 nitrogen and oxygen atoms in total. The molecular weight excluding hydrogens is 136 g/mol. The molecule has 0 rings (SSSR count). The molecule has 0 fully saturated rings. The highest BCUT2D eigenvalue weighted by Crippen LogP contribution is 1.99. The summed E-state index contributed by atoms with van der Waals surface area (Å²) in [6.45, 7) is 3.40. The maximum atomic E-state index is 10.2. The molecule has 0 aliphatic rings. The molecule has 0 bridgehead atoms. The van der Waals surface area contributed by atoms with Crippen LogP contribution in [-0.2, 0) is 4.79 Å². The summed E-state index contributed by atoms with van der Waals surface area (Å²) in [7, 11) is 0. The number of carbonyl (C=O) groups is 1. The lowest BCUT2D eigenvalue weighted by Crippen LogP contribution is -2.12. The van der Waals surface area contributed by atoms with Gasteiger partial charge in [0.1, 0.15) is 0 Å². The highest BCUT2D eigenvalue weighted by molar-refractivity contribution is 7.79. The molecule has 0 amide bonds. The van der Waals surface area contributed by atoms with E-state index < -0.39 is 11.9 Å². The number of hydrogen-bond acceptors (Lipinski definition) is 2. The number of aliphatic carboxylic acids is 1. The van der Waals surface area contributed by atoms with Crippen LogP contribution in [0.3, 0.4) is 0 Å². The first kappa shape index (κ1) is 8.30. The van der Waals surface area contributed by atoms with Crippen molar-refractivity contribution in [1.29, 1.82) is 0 Å². The maximum absolute atomic E-state index is 10.2. The summed E-state index contributed by atoms with van der Waals surface area (Å²) in [6.07, 6.45) is 1.96. The predicted octanol–water partition coefficient (Wildman–Crippen LogP) is 1.26. The van der Waals surface area contributed by atoms with Crippen LogP contribution < -0.4 is 0 Å². The Morgan fingerprint density at radius 1 is 1.89 bits per heavy atom. The SMILES string of the molecule is C=CCC(C=S)C(=O)O. The van der Waals surface area contributed by atoms with Crippen molar-refractivity contribution in [3.05, 3.63) is 12.7 Å². The molecule has 0 saturated heterocycles. The average Bonchev–Trinajstić information content (AvgIpc) is 1.82. The second-order valence-corrected chi connectivity index (χ2v) is 1.88. The Balaban J connectivity index is 3.81. The van der Waals surface area contributed by atoms with Crippen LogP contribution in [0.1, 0.15) is 6.42 Å². The molecule has 1 N–H and O–H groups in total. The van der Waals surface area contributed by atoms with Crippen LogP contribution in [0.25, 0.3) is 0 Å². The fourth-order valence-electron chi connectivity index (χ4n) is 0.394. The smallest absolute Gasteiger partial charge is 0.311 e. The minimum atomic E-state index is -0.884. The summed E-state index contributed by atoms with van der Waals surface area (Å²) in [6, 6.07) is 0. The Hall–Kier alpha value is -0.700. The van der Waals surface area contributed by atoms with Crippen LogP contribution in [-0.4, -0.2) is 16.4 Å². The van der Waals surface area contributed by atoms with E-state index in [0.717, 1.165) is 0 Å². The van der Waals surface area contributed by atoms with Crippen molar-refractivity contribution < 1.29 is 9.90 Å². The van der Waals surface area contributed by atoms with Gasteiger partial charge in [-0.05, 0) is 11.8 Å². The molecule has 0 aliphatic heterocycles. The minimum Gasteiger partial charge on any atom is -0.481 e. The molecule has 0 heterocycles. The van der Waals surface area contributed by atoms with Crippen LogP contribution in [0, 0.1) is 5.92 Å². The minimum absolute atomic E-state index is 0.416. The van der Waals surface area contributed by atoms with Gasteiger partial charge in [-0.3, -0.25) is 4.79 Å². The normalized spacial score (nSPS) is 12.0. The van der Waals surface area contributed by atoms with E-state index in [0.29, 0.717) is 6.42 Å². The second-order valence-electron chi connectivity index (χ2n) is 1.61. The Kier molecular flexibility index (Phi) is 3.88. The molecule has 50 valence electrons. The Morgan fingerprint density at radius 3 is 2.56 bits per heavy atom. The van der Waals surface area contributed by atoms with Crippen LogP contribution in [0.2, 0.25) is 0 Å². The van der Waals surface area contributed by atoms with Crippen molar-refractivity contribution >= 4 is 23.6 Å². The van der Waals surface area contributed by atoms with Crippen LogP contribution >= 0.6 is 12.2 Å². The van der Waals surface area contributed by atoms with Crippen LogP contribution in [0.4, 0.5) is 0 Å². The highest BCUT2D eigenvalue weighted by atomic mass is 32.1. The van der Waals surface area contributed by atoms with Gasteiger partial charge in [-0.25, -0.2) is 0 Å². The molecule has 1 unspecified atom stereocenters. The molecule has 0 radical (unpaired) electrons. The second kappa shape index (κ2) is 4.21. The van der Waals surface area contributed by atoms with Gasteiger partial charge >= 0.3 is 5.97 Å². The van der Waals surface area contributed by atoms with E-state index in [2.05, 4.69) is 18.8 Å². The zero-order valence-corrected chi connectivity index (χ0v) is 5.73. The Morgan fingerprint density at radius 2 is 2.44 bits per heavy atom. The number of carboxylic acids is 1. The predicted molar refractivity (Wildman–Crippen MR) is 39.6 cm³/mol. The van der Waals surface area contributed by atoms with Crippen LogP contribution in [0.15, 0.2) is 12.7 Å². The molecule has 0 spiro atoms. The van der Waals surface area contributed by atoms with Gasteiger partial charge in [0.2, 0.25) is 0 Å². The van der Waals surface area contributed by atoms with E-state index in [1.807, 2.05) is 0 Å². The third kappa shape index (κ3) is 2.98. The van der Waals surface area contributed by atoms with Crippen molar-refractivity contribution in [3.8, 4) is 0 Å². The van der Waals surface area contributed by atoms with Crippen molar-refractivity contribution in [2.45, 2.75) is 6.42 Å². The standard InChI is InChI=1S/C6H8O2S/c1-2-3-5(4-9)6(7)8/h2,4-5H,1,3H2,(H,7,8). The molecule has 9 heavy (non-hydrogen) atoms. The quantitative estimate of drug-likeness (QED) is 0.477. The fraction of sp³-hybridized carbons (Fsp3) is 0.333. The summed E-state index contributed by atoms with van der Waals surface area (Å²) >= 11 is 4.46. The van der Waals surface area contributed by atoms with Gasteiger partial charge in [-0.2, -0.15) is 0 Å². The monoisotopic (exact) mass is 144 g/mol. The summed E-state index contributed by atoms with van der Waals surface area (Å²) in [5.74, 6) is -1.43. The summed E-state index contributed by atoms with van der Waals surface area (Å²) in [5, 5.41) is 9.60. The summed E-state index contributed by atoms with van der Waals surface area (Å²) < 4.78 is 0. The van der Waals surface area contributed by atoms with Crippen molar-refractivity contribution in [3.63, 3.8) is 0 Å². The molecule has 0 aromatic rings. The Bertz CT molecular complexity index is 131. The van der Waals surface area contributed by atoms with Crippen molar-refractivity contribution in [1.82, 2.24) is 0 Å². The maximum Gasteiger partial charge on any atom is 0.311 e. The van der Waals surface area contributed by atoms with E-state index in [4.69, 9.17) is 5.11 Å². The molecule has 1 atom stereocenters. The van der Waals surface area contributed by atoms with E-state index in [1.165, 1.54) is 5.37 Å². The largest absolute Gasteiger partial charge is 0.481 e. The van der Waals surface area contributed by atoms with Crippen LogP contribution in [0.5, 0.6) is 0 Å². The summed E-state index contributed by atoms with van der Waals surface area (Å²) in [5.41, 5.74) is 0. The number of hydrogen-bond donors (Lipinski definition) is 1. The van der Waals surface area contributed by atoms with Crippen molar-refractivity contribution in [2.24, 2.45) is 5.92 Å². The highest BCUT2D eigenvalue weighted by Gasteiger charge is 2.10. The first-order valence-electron chi connectivity index (χ1n) is 2.51. The fourth-order valence-corrected chi connectivity index (χ4v) is 0.622. The number of carboxylic acid groups (broad SMARTS) is 1. The van der Waals surface area contributed by atoms with E-state index in [9.17, 15) is 4.79 Å². The third-order valence-electron chi connectivity index (χ3n) is 0.902. The lowest BCUT2D eigenvalue weighted by molar-refractivity contribution is -0.139. The van der Waals surface area contributed by atoms with Gasteiger partial charge in [0, 0.05) is 0 Å². The molecule has 0 aliphatic carbocycles. The Labute approximate surface area is 59.2 Å². The molecule has 0 saturated carbocycles. The zero-order valence-electron chi connectivity index (χ0n) is 4.91. The molecular formula is C6H8O2S.